The first-order valence-electron chi connectivity index (χ1n) is 4.09. The second kappa shape index (κ2) is 4.00. The smallest absolute Gasteiger partial charge is 0.264 e. The summed E-state index contributed by atoms with van der Waals surface area (Å²) in [6.45, 7) is 6.03. The van der Waals surface area contributed by atoms with Gasteiger partial charge in [-0.05, 0) is 7.05 Å². The molecule has 1 fully saturated rings. The van der Waals surface area contributed by atoms with Gasteiger partial charge in [-0.3, -0.25) is 0 Å². The highest BCUT2D eigenvalue weighted by Gasteiger charge is 2.43. The standard InChI is InChI=1S/C6H11F2N.C2H6/c1-5-3-9(2)4-6(5,7)8;1-2/h5H,3-4H2,1-2H3;1-2H3/t5-;/m0./s1. The number of rotatable bonds is 0. The van der Waals surface area contributed by atoms with E-state index in [1.54, 1.807) is 18.9 Å². The fraction of sp³-hybridized carbons (Fsp3) is 1.00. The summed E-state index contributed by atoms with van der Waals surface area (Å²) >= 11 is 0. The van der Waals surface area contributed by atoms with Crippen molar-refractivity contribution < 1.29 is 8.78 Å². The van der Waals surface area contributed by atoms with Crippen LogP contribution in [0, 0.1) is 5.92 Å². The molecule has 0 bridgehead atoms. The van der Waals surface area contributed by atoms with Crippen molar-refractivity contribution in [2.75, 3.05) is 20.1 Å². The summed E-state index contributed by atoms with van der Waals surface area (Å²) in [4.78, 5) is 1.66. The van der Waals surface area contributed by atoms with E-state index in [1.165, 1.54) is 0 Å². The van der Waals surface area contributed by atoms with Gasteiger partial charge in [0.15, 0.2) is 0 Å². The molecule has 0 saturated carbocycles. The molecule has 1 aliphatic rings. The molecule has 0 aromatic rings. The van der Waals surface area contributed by atoms with Crippen molar-refractivity contribution in [3.05, 3.63) is 0 Å². The van der Waals surface area contributed by atoms with E-state index in [1.807, 2.05) is 13.8 Å². The normalized spacial score (nSPS) is 29.5. The Labute approximate surface area is 67.4 Å². The van der Waals surface area contributed by atoms with E-state index in [4.69, 9.17) is 0 Å². The molecular weight excluding hydrogens is 148 g/mol. The molecule has 1 heterocycles. The third-order valence-electron chi connectivity index (χ3n) is 1.79. The monoisotopic (exact) mass is 165 g/mol. The van der Waals surface area contributed by atoms with Crippen LogP contribution in [0.5, 0.6) is 0 Å². The summed E-state index contributed by atoms with van der Waals surface area (Å²) in [7, 11) is 1.72. The Morgan fingerprint density at radius 1 is 1.36 bits per heavy atom. The highest BCUT2D eigenvalue weighted by atomic mass is 19.3. The van der Waals surface area contributed by atoms with Gasteiger partial charge in [0.1, 0.15) is 0 Å². The van der Waals surface area contributed by atoms with Gasteiger partial charge in [0, 0.05) is 12.5 Å². The minimum absolute atomic E-state index is 0.0752. The van der Waals surface area contributed by atoms with Crippen molar-refractivity contribution >= 4 is 0 Å². The molecule has 0 aromatic carbocycles. The lowest BCUT2D eigenvalue weighted by molar-refractivity contribution is -0.0197. The van der Waals surface area contributed by atoms with Gasteiger partial charge in [0.05, 0.1) is 6.54 Å². The van der Waals surface area contributed by atoms with Crippen LogP contribution in [0.15, 0.2) is 0 Å². The van der Waals surface area contributed by atoms with E-state index in [0.717, 1.165) is 0 Å². The van der Waals surface area contributed by atoms with Crippen LogP contribution in [0.4, 0.5) is 8.78 Å². The molecule has 1 nitrogen and oxygen atoms in total. The van der Waals surface area contributed by atoms with Gasteiger partial charge >= 0.3 is 0 Å². The summed E-state index contributed by atoms with van der Waals surface area (Å²) in [6.07, 6.45) is 0. The van der Waals surface area contributed by atoms with Crippen molar-refractivity contribution in [2.24, 2.45) is 5.92 Å². The van der Waals surface area contributed by atoms with E-state index in [-0.39, 0.29) is 6.54 Å². The zero-order valence-corrected chi connectivity index (χ0v) is 7.69. The Hall–Kier alpha value is -0.180. The summed E-state index contributed by atoms with van der Waals surface area (Å²) in [5.41, 5.74) is 0. The lowest BCUT2D eigenvalue weighted by atomic mass is 10.1. The maximum Gasteiger partial charge on any atom is 0.264 e. The molecular formula is C8H17F2N. The fourth-order valence-electron chi connectivity index (χ4n) is 1.18. The fourth-order valence-corrected chi connectivity index (χ4v) is 1.18. The third-order valence-corrected chi connectivity index (χ3v) is 1.79. The van der Waals surface area contributed by atoms with Crippen molar-refractivity contribution in [1.29, 1.82) is 0 Å². The topological polar surface area (TPSA) is 3.24 Å². The molecule has 0 N–H and O–H groups in total. The maximum absolute atomic E-state index is 12.5. The minimum atomic E-state index is -2.45. The largest absolute Gasteiger partial charge is 0.300 e. The van der Waals surface area contributed by atoms with Gasteiger partial charge in [-0.25, -0.2) is 8.78 Å². The molecule has 1 rings (SSSR count). The number of halogens is 2. The molecule has 0 unspecified atom stereocenters. The van der Waals surface area contributed by atoms with Crippen LogP contribution < -0.4 is 0 Å². The highest BCUT2D eigenvalue weighted by Crippen LogP contribution is 2.31. The molecule has 0 spiro atoms. The molecule has 0 aromatic heterocycles. The Balaban J connectivity index is 0.000000461. The molecule has 68 valence electrons. The Morgan fingerprint density at radius 3 is 1.91 bits per heavy atom. The van der Waals surface area contributed by atoms with Crippen LogP contribution in [0.2, 0.25) is 0 Å². The van der Waals surface area contributed by atoms with Crippen LogP contribution in [0.1, 0.15) is 20.8 Å². The van der Waals surface area contributed by atoms with E-state index in [0.29, 0.717) is 6.54 Å². The predicted molar refractivity (Wildman–Crippen MR) is 43.0 cm³/mol. The highest BCUT2D eigenvalue weighted by molar-refractivity contribution is 4.85. The van der Waals surface area contributed by atoms with E-state index in [2.05, 4.69) is 0 Å². The summed E-state index contributed by atoms with van der Waals surface area (Å²) in [6, 6.07) is 0. The Kier molecular flexibility index (Phi) is 3.93. The molecule has 11 heavy (non-hydrogen) atoms. The van der Waals surface area contributed by atoms with E-state index >= 15 is 0 Å². The van der Waals surface area contributed by atoms with Crippen LogP contribution in [0.3, 0.4) is 0 Å². The van der Waals surface area contributed by atoms with Crippen LogP contribution >= 0.6 is 0 Å². The first kappa shape index (κ1) is 10.8. The van der Waals surface area contributed by atoms with Crippen molar-refractivity contribution in [3.63, 3.8) is 0 Å². The van der Waals surface area contributed by atoms with Crippen LogP contribution in [-0.4, -0.2) is 31.0 Å². The zero-order chi connectivity index (χ0) is 9.07. The quantitative estimate of drug-likeness (QED) is 0.532. The molecule has 1 atom stereocenters. The van der Waals surface area contributed by atoms with E-state index < -0.39 is 11.8 Å². The third kappa shape index (κ3) is 2.73. The van der Waals surface area contributed by atoms with Crippen molar-refractivity contribution in [2.45, 2.75) is 26.7 Å². The van der Waals surface area contributed by atoms with Gasteiger partial charge in [0.25, 0.3) is 5.92 Å². The molecule has 0 radical (unpaired) electrons. The van der Waals surface area contributed by atoms with Gasteiger partial charge in [0.2, 0.25) is 0 Å². The molecule has 3 heteroatoms. The van der Waals surface area contributed by atoms with Gasteiger partial charge in [-0.1, -0.05) is 20.8 Å². The van der Waals surface area contributed by atoms with Crippen LogP contribution in [-0.2, 0) is 0 Å². The minimum Gasteiger partial charge on any atom is -0.300 e. The predicted octanol–water partition coefficient (Wildman–Crippen LogP) is 2.23. The molecule has 0 aliphatic carbocycles. The van der Waals surface area contributed by atoms with Gasteiger partial charge in [-0.2, -0.15) is 0 Å². The summed E-state index contributed by atoms with van der Waals surface area (Å²) < 4.78 is 25.1. The zero-order valence-electron chi connectivity index (χ0n) is 7.69. The molecule has 0 amide bonds. The van der Waals surface area contributed by atoms with Crippen molar-refractivity contribution in [3.8, 4) is 0 Å². The van der Waals surface area contributed by atoms with E-state index in [9.17, 15) is 8.78 Å². The number of alkyl halides is 2. The average molecular weight is 165 g/mol. The first-order chi connectivity index (χ1) is 5.02. The Bertz CT molecular complexity index is 115. The second-order valence-electron chi connectivity index (χ2n) is 2.86. The van der Waals surface area contributed by atoms with Crippen LogP contribution in [0.25, 0.3) is 0 Å². The lowest BCUT2D eigenvalue weighted by Crippen LogP contribution is -2.25. The molecule has 1 aliphatic heterocycles. The second-order valence-corrected chi connectivity index (χ2v) is 2.86. The van der Waals surface area contributed by atoms with Crippen molar-refractivity contribution in [1.82, 2.24) is 4.90 Å². The number of likely N-dealkylation sites (tertiary alicyclic amines) is 1. The molecule has 1 saturated heterocycles. The number of nitrogens with zero attached hydrogens (tertiary/aromatic N) is 1. The first-order valence-corrected chi connectivity index (χ1v) is 4.09. The average Bonchev–Trinajstić information content (AvgIpc) is 2.10. The maximum atomic E-state index is 12.5. The van der Waals surface area contributed by atoms with Gasteiger partial charge in [-0.15, -0.1) is 0 Å². The summed E-state index contributed by atoms with van der Waals surface area (Å²) in [5.74, 6) is -2.92. The number of hydrogen-bond donors (Lipinski definition) is 0. The van der Waals surface area contributed by atoms with Gasteiger partial charge < -0.3 is 4.90 Å². The summed E-state index contributed by atoms with van der Waals surface area (Å²) in [5, 5.41) is 0. The lowest BCUT2D eigenvalue weighted by Gasteiger charge is -2.11. The SMILES string of the molecule is CC.C[C@H]1CN(C)CC1(F)F. The number of hydrogen-bond acceptors (Lipinski definition) is 1. The Morgan fingerprint density at radius 2 is 1.82 bits per heavy atom.